The van der Waals surface area contributed by atoms with E-state index in [2.05, 4.69) is 5.32 Å². The van der Waals surface area contributed by atoms with Gasteiger partial charge in [0, 0.05) is 6.04 Å². The molecule has 1 rings (SSSR count). The van der Waals surface area contributed by atoms with Gasteiger partial charge in [0.1, 0.15) is 0 Å². The minimum atomic E-state index is -2.68. The predicted molar refractivity (Wildman–Crippen MR) is 40.7 cm³/mol. The Morgan fingerprint density at radius 3 is 2.70 bits per heavy atom. The zero-order valence-corrected chi connectivity index (χ0v) is 6.95. The Bertz CT molecular complexity index is 198. The molecule has 4 heteroatoms. The molecule has 0 aromatic heterocycles. The van der Waals surface area contributed by atoms with Crippen molar-refractivity contribution >= 4 is 9.84 Å². The maximum atomic E-state index is 10.9. The van der Waals surface area contributed by atoms with E-state index in [0.29, 0.717) is 11.5 Å². The van der Waals surface area contributed by atoms with Crippen molar-refractivity contribution in [2.45, 2.75) is 19.4 Å². The van der Waals surface area contributed by atoms with Crippen LogP contribution >= 0.6 is 0 Å². The van der Waals surface area contributed by atoms with E-state index in [-0.39, 0.29) is 6.04 Å². The van der Waals surface area contributed by atoms with Crippen LogP contribution in [0.3, 0.4) is 0 Å². The summed E-state index contributed by atoms with van der Waals surface area (Å²) in [5, 5.41) is 3.12. The van der Waals surface area contributed by atoms with Gasteiger partial charge in [0.15, 0.2) is 9.84 Å². The van der Waals surface area contributed by atoms with Crippen LogP contribution in [0.4, 0.5) is 0 Å². The van der Waals surface area contributed by atoms with E-state index in [0.717, 1.165) is 13.0 Å². The van der Waals surface area contributed by atoms with Gasteiger partial charge in [-0.1, -0.05) is 6.92 Å². The van der Waals surface area contributed by atoms with E-state index in [1.165, 1.54) is 0 Å². The molecule has 10 heavy (non-hydrogen) atoms. The minimum absolute atomic E-state index is 0.218. The number of nitrogens with one attached hydrogen (secondary N) is 1. The van der Waals surface area contributed by atoms with E-state index >= 15 is 0 Å². The Labute approximate surface area is 61.7 Å². The zero-order chi connectivity index (χ0) is 7.61. The van der Waals surface area contributed by atoms with E-state index in [1.54, 1.807) is 0 Å². The molecule has 60 valence electrons. The quantitative estimate of drug-likeness (QED) is 0.612. The van der Waals surface area contributed by atoms with Gasteiger partial charge in [0.05, 0.1) is 11.5 Å². The van der Waals surface area contributed by atoms with Gasteiger partial charge in [-0.3, -0.25) is 0 Å². The van der Waals surface area contributed by atoms with Crippen molar-refractivity contribution in [3.63, 3.8) is 0 Å². The third-order valence-electron chi connectivity index (χ3n) is 1.73. The molecule has 0 radical (unpaired) electrons. The monoisotopic (exact) mass is 163 g/mol. The third kappa shape index (κ3) is 1.95. The maximum absolute atomic E-state index is 10.9. The van der Waals surface area contributed by atoms with Crippen LogP contribution in [0.1, 0.15) is 13.3 Å². The van der Waals surface area contributed by atoms with Crippen LogP contribution in [0, 0.1) is 0 Å². The molecule has 1 N–H and O–H groups in total. The number of rotatable bonds is 2. The molecule has 0 aliphatic carbocycles. The molecule has 1 saturated heterocycles. The first-order valence-electron chi connectivity index (χ1n) is 3.58. The summed E-state index contributed by atoms with van der Waals surface area (Å²) in [4.78, 5) is 0. The number of hydrogen-bond acceptors (Lipinski definition) is 3. The largest absolute Gasteiger partial charge is 0.313 e. The predicted octanol–water partition coefficient (Wildman–Crippen LogP) is -0.217. The standard InChI is InChI=1S/C6H13NO2S/c1-2-7-6-3-4-10(8,9)5-6/h6-7H,2-5H2,1H3/t6-/m0/s1. The first-order valence-corrected chi connectivity index (χ1v) is 5.40. The van der Waals surface area contributed by atoms with Gasteiger partial charge in [-0.05, 0) is 13.0 Å². The molecule has 1 atom stereocenters. The minimum Gasteiger partial charge on any atom is -0.313 e. The molecule has 0 spiro atoms. The molecule has 0 saturated carbocycles. The molecule has 0 aromatic carbocycles. The second-order valence-corrected chi connectivity index (χ2v) is 4.89. The molecular weight excluding hydrogens is 150 g/mol. The molecule has 0 unspecified atom stereocenters. The molecule has 0 amide bonds. The Kier molecular flexibility index (Phi) is 2.31. The maximum Gasteiger partial charge on any atom is 0.151 e. The van der Waals surface area contributed by atoms with Gasteiger partial charge >= 0.3 is 0 Å². The summed E-state index contributed by atoms with van der Waals surface area (Å²) in [5.74, 6) is 0.700. The topological polar surface area (TPSA) is 46.2 Å². The van der Waals surface area contributed by atoms with Crippen LogP contribution in [0.5, 0.6) is 0 Å². The molecule has 0 aromatic rings. The lowest BCUT2D eigenvalue weighted by atomic mass is 10.3. The smallest absolute Gasteiger partial charge is 0.151 e. The van der Waals surface area contributed by atoms with Gasteiger partial charge in [0.25, 0.3) is 0 Å². The summed E-state index contributed by atoms with van der Waals surface area (Å²) in [7, 11) is -2.68. The number of hydrogen-bond donors (Lipinski definition) is 1. The highest BCUT2D eigenvalue weighted by Gasteiger charge is 2.26. The van der Waals surface area contributed by atoms with Gasteiger partial charge in [-0.15, -0.1) is 0 Å². The molecule has 0 bridgehead atoms. The van der Waals surface area contributed by atoms with Crippen molar-refractivity contribution in [2.75, 3.05) is 18.1 Å². The highest BCUT2D eigenvalue weighted by Crippen LogP contribution is 2.10. The molecular formula is C6H13NO2S. The molecule has 1 heterocycles. The summed E-state index contributed by atoms with van der Waals surface area (Å²) in [6.45, 7) is 2.85. The summed E-state index contributed by atoms with van der Waals surface area (Å²) in [5.41, 5.74) is 0. The zero-order valence-electron chi connectivity index (χ0n) is 6.13. The molecule has 1 aliphatic heterocycles. The lowest BCUT2D eigenvalue weighted by Crippen LogP contribution is -2.29. The molecule has 1 fully saturated rings. The van der Waals surface area contributed by atoms with Crippen molar-refractivity contribution in [1.29, 1.82) is 0 Å². The molecule has 3 nitrogen and oxygen atoms in total. The van der Waals surface area contributed by atoms with Gasteiger partial charge in [-0.25, -0.2) is 8.42 Å². The highest BCUT2D eigenvalue weighted by atomic mass is 32.2. The average molecular weight is 163 g/mol. The van der Waals surface area contributed by atoms with Crippen LogP contribution in [-0.2, 0) is 9.84 Å². The van der Waals surface area contributed by atoms with Crippen LogP contribution in [0.15, 0.2) is 0 Å². The second kappa shape index (κ2) is 2.88. The van der Waals surface area contributed by atoms with Crippen molar-refractivity contribution in [1.82, 2.24) is 5.32 Å². The fraction of sp³-hybridized carbons (Fsp3) is 1.00. The van der Waals surface area contributed by atoms with Crippen LogP contribution in [0.2, 0.25) is 0 Å². The van der Waals surface area contributed by atoms with Crippen molar-refractivity contribution < 1.29 is 8.42 Å². The summed E-state index contributed by atoms with van der Waals surface area (Å²) in [6, 6.07) is 0.218. The van der Waals surface area contributed by atoms with Gasteiger partial charge in [0.2, 0.25) is 0 Å². The fourth-order valence-corrected chi connectivity index (χ4v) is 2.95. The highest BCUT2D eigenvalue weighted by molar-refractivity contribution is 7.91. The molecule has 1 aliphatic rings. The first-order chi connectivity index (χ1) is 4.64. The lowest BCUT2D eigenvalue weighted by Gasteiger charge is -2.05. The normalized spacial score (nSPS) is 30.7. The fourth-order valence-electron chi connectivity index (χ4n) is 1.24. The van der Waals surface area contributed by atoms with Crippen LogP contribution < -0.4 is 5.32 Å². The Balaban J connectivity index is 2.44. The Morgan fingerprint density at radius 1 is 1.60 bits per heavy atom. The van der Waals surface area contributed by atoms with Crippen molar-refractivity contribution in [3.8, 4) is 0 Å². The van der Waals surface area contributed by atoms with Crippen molar-refractivity contribution in [2.24, 2.45) is 0 Å². The first kappa shape index (κ1) is 8.01. The third-order valence-corrected chi connectivity index (χ3v) is 3.49. The Hall–Kier alpha value is -0.0900. The second-order valence-electron chi connectivity index (χ2n) is 2.66. The van der Waals surface area contributed by atoms with Crippen LogP contribution in [0.25, 0.3) is 0 Å². The SMILES string of the molecule is CCN[C@H]1CCS(=O)(=O)C1. The van der Waals surface area contributed by atoms with E-state index in [1.807, 2.05) is 6.92 Å². The Morgan fingerprint density at radius 2 is 2.30 bits per heavy atom. The summed E-state index contributed by atoms with van der Waals surface area (Å²) >= 11 is 0. The van der Waals surface area contributed by atoms with Gasteiger partial charge < -0.3 is 5.32 Å². The van der Waals surface area contributed by atoms with Crippen molar-refractivity contribution in [3.05, 3.63) is 0 Å². The van der Waals surface area contributed by atoms with E-state index < -0.39 is 9.84 Å². The summed E-state index contributed by atoms with van der Waals surface area (Å²) in [6.07, 6.45) is 0.788. The summed E-state index contributed by atoms with van der Waals surface area (Å²) < 4.78 is 21.8. The van der Waals surface area contributed by atoms with Gasteiger partial charge in [-0.2, -0.15) is 0 Å². The average Bonchev–Trinajstić information content (AvgIpc) is 2.12. The lowest BCUT2D eigenvalue weighted by molar-refractivity contribution is 0.572. The van der Waals surface area contributed by atoms with E-state index in [4.69, 9.17) is 0 Å². The number of sulfone groups is 1. The van der Waals surface area contributed by atoms with Crippen LogP contribution in [-0.4, -0.2) is 32.5 Å². The van der Waals surface area contributed by atoms with E-state index in [9.17, 15) is 8.42 Å².